The van der Waals surface area contributed by atoms with Crippen molar-refractivity contribution in [2.24, 2.45) is 0 Å². The van der Waals surface area contributed by atoms with Crippen LogP contribution in [0.2, 0.25) is 0 Å². The Balaban J connectivity index is 2.01. The largest absolute Gasteiger partial charge is 0.480 e. The van der Waals surface area contributed by atoms with E-state index in [2.05, 4.69) is 5.32 Å². The van der Waals surface area contributed by atoms with Gasteiger partial charge in [-0.25, -0.2) is 0 Å². The second-order valence-corrected chi connectivity index (χ2v) is 4.78. The molecule has 1 saturated heterocycles. The topological polar surface area (TPSA) is 58.6 Å². The summed E-state index contributed by atoms with van der Waals surface area (Å²) in [6, 6.07) is 5.93. The van der Waals surface area contributed by atoms with Crippen molar-refractivity contribution in [3.05, 3.63) is 29.3 Å². The van der Waals surface area contributed by atoms with Crippen LogP contribution in [0, 0.1) is 0 Å². The first-order valence-electron chi connectivity index (χ1n) is 5.91. The molecule has 2 heterocycles. The highest BCUT2D eigenvalue weighted by atomic mass is 16.5. The molecule has 2 N–H and O–H groups in total. The van der Waals surface area contributed by atoms with Crippen LogP contribution in [0.5, 0.6) is 0 Å². The number of anilines is 1. The Kier molecular flexibility index (Phi) is 2.33. The number of rotatable bonds is 2. The summed E-state index contributed by atoms with van der Waals surface area (Å²) >= 11 is 0. The van der Waals surface area contributed by atoms with Crippen LogP contribution in [-0.4, -0.2) is 30.8 Å². The van der Waals surface area contributed by atoms with Crippen molar-refractivity contribution in [1.29, 1.82) is 0 Å². The SMILES string of the molecule is O=C(O)C1(c2ccc3c(c2)CCCN3)COC1. The minimum Gasteiger partial charge on any atom is -0.480 e. The molecular weight excluding hydrogens is 218 g/mol. The zero-order chi connectivity index (χ0) is 11.9. The molecule has 4 heteroatoms. The molecule has 2 aliphatic rings. The summed E-state index contributed by atoms with van der Waals surface area (Å²) in [7, 11) is 0. The summed E-state index contributed by atoms with van der Waals surface area (Å²) in [4.78, 5) is 11.4. The van der Waals surface area contributed by atoms with Gasteiger partial charge in [-0.2, -0.15) is 0 Å². The van der Waals surface area contributed by atoms with Crippen LogP contribution in [0.25, 0.3) is 0 Å². The molecule has 0 amide bonds. The van der Waals surface area contributed by atoms with Crippen LogP contribution < -0.4 is 5.32 Å². The molecule has 0 aliphatic carbocycles. The van der Waals surface area contributed by atoms with E-state index in [4.69, 9.17) is 4.74 Å². The van der Waals surface area contributed by atoms with Gasteiger partial charge in [0.2, 0.25) is 0 Å². The van der Waals surface area contributed by atoms with E-state index in [-0.39, 0.29) is 13.2 Å². The van der Waals surface area contributed by atoms with E-state index in [1.165, 1.54) is 5.56 Å². The lowest BCUT2D eigenvalue weighted by Crippen LogP contribution is -2.53. The van der Waals surface area contributed by atoms with Crippen molar-refractivity contribution in [3.63, 3.8) is 0 Å². The van der Waals surface area contributed by atoms with Gasteiger partial charge < -0.3 is 15.2 Å². The molecular formula is C13H15NO3. The first-order chi connectivity index (χ1) is 8.22. The van der Waals surface area contributed by atoms with Crippen molar-refractivity contribution >= 4 is 11.7 Å². The number of hydrogen-bond acceptors (Lipinski definition) is 3. The Morgan fingerprint density at radius 2 is 2.24 bits per heavy atom. The van der Waals surface area contributed by atoms with Crippen molar-refractivity contribution in [2.45, 2.75) is 18.3 Å². The number of aliphatic carboxylic acids is 1. The van der Waals surface area contributed by atoms with Gasteiger partial charge in [-0.15, -0.1) is 0 Å². The number of carbonyl (C=O) groups is 1. The van der Waals surface area contributed by atoms with Crippen LogP contribution >= 0.6 is 0 Å². The monoisotopic (exact) mass is 233 g/mol. The molecule has 4 nitrogen and oxygen atoms in total. The third-order valence-corrected chi connectivity index (χ3v) is 3.70. The Labute approximate surface area is 99.6 Å². The number of carboxylic acids is 1. The van der Waals surface area contributed by atoms with Gasteiger partial charge in [-0.3, -0.25) is 4.79 Å². The fraction of sp³-hybridized carbons (Fsp3) is 0.462. The number of fused-ring (bicyclic) bond motifs is 1. The fourth-order valence-corrected chi connectivity index (χ4v) is 2.49. The van der Waals surface area contributed by atoms with Crippen LogP contribution in [0.15, 0.2) is 18.2 Å². The van der Waals surface area contributed by atoms with Gasteiger partial charge in [0.1, 0.15) is 5.41 Å². The molecule has 0 bridgehead atoms. The van der Waals surface area contributed by atoms with Crippen molar-refractivity contribution in [2.75, 3.05) is 25.1 Å². The smallest absolute Gasteiger partial charge is 0.318 e. The average molecular weight is 233 g/mol. The zero-order valence-electron chi connectivity index (χ0n) is 9.53. The van der Waals surface area contributed by atoms with E-state index in [1.807, 2.05) is 18.2 Å². The molecule has 0 radical (unpaired) electrons. The van der Waals surface area contributed by atoms with Gasteiger partial charge in [0.05, 0.1) is 13.2 Å². The minimum atomic E-state index is -0.813. The van der Waals surface area contributed by atoms with E-state index in [0.29, 0.717) is 0 Å². The Morgan fingerprint density at radius 3 is 2.88 bits per heavy atom. The van der Waals surface area contributed by atoms with Gasteiger partial charge in [0.15, 0.2) is 0 Å². The molecule has 0 spiro atoms. The van der Waals surface area contributed by atoms with Crippen molar-refractivity contribution in [1.82, 2.24) is 0 Å². The molecule has 1 aromatic carbocycles. The Morgan fingerprint density at radius 1 is 1.41 bits per heavy atom. The normalized spacial score (nSPS) is 20.9. The third-order valence-electron chi connectivity index (χ3n) is 3.70. The second kappa shape index (κ2) is 3.74. The first kappa shape index (κ1) is 10.6. The molecule has 0 saturated carbocycles. The summed E-state index contributed by atoms with van der Waals surface area (Å²) in [6.07, 6.45) is 2.12. The van der Waals surface area contributed by atoms with Gasteiger partial charge in [0.25, 0.3) is 0 Å². The van der Waals surface area contributed by atoms with Gasteiger partial charge in [-0.1, -0.05) is 12.1 Å². The molecule has 17 heavy (non-hydrogen) atoms. The number of nitrogens with one attached hydrogen (secondary N) is 1. The Hall–Kier alpha value is -1.55. The molecule has 1 fully saturated rings. The van der Waals surface area contributed by atoms with Crippen molar-refractivity contribution in [3.8, 4) is 0 Å². The molecule has 1 aromatic rings. The number of aryl methyl sites for hydroxylation is 1. The van der Waals surface area contributed by atoms with E-state index in [9.17, 15) is 9.90 Å². The van der Waals surface area contributed by atoms with Crippen LogP contribution in [0.1, 0.15) is 17.5 Å². The highest BCUT2D eigenvalue weighted by molar-refractivity contribution is 5.83. The van der Waals surface area contributed by atoms with Gasteiger partial charge in [-0.05, 0) is 30.0 Å². The van der Waals surface area contributed by atoms with Crippen LogP contribution in [-0.2, 0) is 21.4 Å². The molecule has 0 atom stereocenters. The molecule has 90 valence electrons. The minimum absolute atomic E-state index is 0.286. The summed E-state index contributed by atoms with van der Waals surface area (Å²) in [6.45, 7) is 1.57. The lowest BCUT2D eigenvalue weighted by atomic mass is 9.77. The fourth-order valence-electron chi connectivity index (χ4n) is 2.49. The van der Waals surface area contributed by atoms with Crippen molar-refractivity contribution < 1.29 is 14.6 Å². The maximum Gasteiger partial charge on any atom is 0.318 e. The average Bonchev–Trinajstić information content (AvgIpc) is 2.27. The third kappa shape index (κ3) is 1.52. The quantitative estimate of drug-likeness (QED) is 0.810. The highest BCUT2D eigenvalue weighted by Gasteiger charge is 2.48. The number of benzene rings is 1. The van der Waals surface area contributed by atoms with E-state index in [1.54, 1.807) is 0 Å². The number of hydrogen-bond donors (Lipinski definition) is 2. The summed E-state index contributed by atoms with van der Waals surface area (Å²) in [5.41, 5.74) is 2.42. The zero-order valence-corrected chi connectivity index (χ0v) is 9.53. The number of ether oxygens (including phenoxy) is 1. The van der Waals surface area contributed by atoms with Gasteiger partial charge in [0, 0.05) is 12.2 Å². The predicted octanol–water partition coefficient (Wildman–Crippen LogP) is 1.40. The first-order valence-corrected chi connectivity index (χ1v) is 5.91. The van der Waals surface area contributed by atoms with Crippen LogP contribution in [0.3, 0.4) is 0 Å². The van der Waals surface area contributed by atoms with E-state index in [0.717, 1.165) is 30.6 Å². The maximum absolute atomic E-state index is 11.4. The highest BCUT2D eigenvalue weighted by Crippen LogP contribution is 2.35. The molecule has 0 unspecified atom stereocenters. The second-order valence-electron chi connectivity index (χ2n) is 4.78. The summed E-state index contributed by atoms with van der Waals surface area (Å²) < 4.78 is 5.10. The lowest BCUT2D eigenvalue weighted by Gasteiger charge is -2.38. The molecule has 0 aromatic heterocycles. The Bertz CT molecular complexity index is 466. The molecule has 3 rings (SSSR count). The number of carboxylic acid groups (broad SMARTS) is 1. The standard InChI is InChI=1S/C13H15NO3/c15-12(16)13(7-17-8-13)10-3-4-11-9(6-10)2-1-5-14-11/h3-4,6,14H,1-2,5,7-8H2,(H,15,16). The van der Waals surface area contributed by atoms with Gasteiger partial charge >= 0.3 is 5.97 Å². The van der Waals surface area contributed by atoms with E-state index >= 15 is 0 Å². The summed E-state index contributed by atoms with van der Waals surface area (Å²) in [5.74, 6) is -0.785. The summed E-state index contributed by atoms with van der Waals surface area (Å²) in [5, 5.41) is 12.7. The molecule has 2 aliphatic heterocycles. The van der Waals surface area contributed by atoms with E-state index < -0.39 is 11.4 Å². The maximum atomic E-state index is 11.4. The predicted molar refractivity (Wildman–Crippen MR) is 63.4 cm³/mol. The lowest BCUT2D eigenvalue weighted by molar-refractivity contribution is -0.163. The van der Waals surface area contributed by atoms with Crippen LogP contribution in [0.4, 0.5) is 5.69 Å².